The van der Waals surface area contributed by atoms with Gasteiger partial charge in [0.2, 0.25) is 0 Å². The average Bonchev–Trinajstić information content (AvgIpc) is 3.85. The van der Waals surface area contributed by atoms with E-state index in [1.807, 2.05) is 84.9 Å². The van der Waals surface area contributed by atoms with E-state index >= 15 is 0 Å². The average molecular weight is 778 g/mol. The fraction of sp³-hybridized carbons (Fsp3) is 0.178. The Morgan fingerprint density at radius 1 is 0.724 bits per heavy atom. The number of methoxy groups -OCH3 is 2. The van der Waals surface area contributed by atoms with Crippen molar-refractivity contribution in [3.63, 3.8) is 0 Å². The minimum absolute atomic E-state index is 0.159. The Morgan fingerprint density at radius 3 is 1.86 bits per heavy atom. The molecule has 0 saturated carbocycles. The number of rotatable bonds is 13. The lowest BCUT2D eigenvalue weighted by Crippen LogP contribution is -2.41. The first-order valence-electron chi connectivity index (χ1n) is 18.5. The molecule has 1 aliphatic heterocycles. The zero-order chi connectivity index (χ0) is 40.1. The van der Waals surface area contributed by atoms with Crippen LogP contribution in [0.4, 0.5) is 5.82 Å². The molecule has 2 N–H and O–H groups in total. The van der Waals surface area contributed by atoms with E-state index in [4.69, 9.17) is 23.7 Å². The van der Waals surface area contributed by atoms with Gasteiger partial charge >= 0.3 is 5.97 Å². The third kappa shape index (κ3) is 7.37. The Morgan fingerprint density at radius 2 is 1.28 bits per heavy atom. The van der Waals surface area contributed by atoms with E-state index in [1.165, 1.54) is 17.2 Å². The Kier molecular flexibility index (Phi) is 10.9. The molecule has 3 heterocycles. The number of aliphatic hydroxyl groups is 1. The fourth-order valence-electron chi connectivity index (χ4n) is 7.18. The van der Waals surface area contributed by atoms with Crippen LogP contribution in [0.25, 0.3) is 11.2 Å². The normalized spacial score (nSPS) is 17.8. The zero-order valence-corrected chi connectivity index (χ0v) is 31.5. The van der Waals surface area contributed by atoms with E-state index in [2.05, 4.69) is 20.3 Å². The summed E-state index contributed by atoms with van der Waals surface area (Å²) in [5.41, 5.74) is 2.40. The number of nitrogens with zero attached hydrogens (tertiary/aromatic N) is 4. The summed E-state index contributed by atoms with van der Waals surface area (Å²) in [6.07, 6.45) is -2.06. The summed E-state index contributed by atoms with van der Waals surface area (Å²) in [5, 5.41) is 14.9. The molecule has 1 amide bonds. The second-order valence-corrected chi connectivity index (χ2v) is 13.5. The van der Waals surface area contributed by atoms with Crippen LogP contribution in [0.5, 0.6) is 11.5 Å². The third-order valence-corrected chi connectivity index (χ3v) is 10.1. The van der Waals surface area contributed by atoms with Crippen LogP contribution in [0, 0.1) is 0 Å². The number of nitrogens with one attached hydrogen (secondary N) is 1. The smallest absolute Gasteiger partial charge is 0.338 e. The molecule has 1 saturated heterocycles. The molecule has 1 aliphatic rings. The first-order valence-corrected chi connectivity index (χ1v) is 18.5. The predicted molar refractivity (Wildman–Crippen MR) is 214 cm³/mol. The van der Waals surface area contributed by atoms with Gasteiger partial charge in [-0.1, -0.05) is 91.0 Å². The van der Waals surface area contributed by atoms with Gasteiger partial charge in [-0.25, -0.2) is 19.7 Å². The molecule has 0 spiro atoms. The third-order valence-electron chi connectivity index (χ3n) is 10.1. The van der Waals surface area contributed by atoms with E-state index in [0.717, 1.165) is 16.7 Å². The second-order valence-electron chi connectivity index (χ2n) is 13.5. The number of amides is 1. The summed E-state index contributed by atoms with van der Waals surface area (Å²) in [6.45, 7) is -0.159. The van der Waals surface area contributed by atoms with Crippen LogP contribution in [0.1, 0.15) is 43.6 Å². The molecular formula is C45H39N5O8. The SMILES string of the molecule is COc1ccc(C(OCC2OC(n3cnc4c(NC(=O)c5ccccc5)ncnc43)C(O)C2OC(=O)c2ccccc2)(c2ccccc2)c2ccc(OC)cc2)cc1. The Hall–Kier alpha value is -6.93. The number of aromatic nitrogens is 4. The van der Waals surface area contributed by atoms with Crippen molar-refractivity contribution in [3.8, 4) is 11.5 Å². The first kappa shape index (κ1) is 38.0. The van der Waals surface area contributed by atoms with Crippen LogP contribution in [0.2, 0.25) is 0 Å². The summed E-state index contributed by atoms with van der Waals surface area (Å²) < 4.78 is 32.4. The van der Waals surface area contributed by atoms with E-state index in [0.29, 0.717) is 22.6 Å². The zero-order valence-electron chi connectivity index (χ0n) is 31.5. The monoisotopic (exact) mass is 777 g/mol. The van der Waals surface area contributed by atoms with Crippen molar-refractivity contribution in [2.75, 3.05) is 26.1 Å². The minimum atomic E-state index is -1.41. The van der Waals surface area contributed by atoms with Crippen LogP contribution in [-0.4, -0.2) is 75.6 Å². The highest BCUT2D eigenvalue weighted by Gasteiger charge is 2.50. The molecule has 13 heteroatoms. The maximum atomic E-state index is 13.6. The highest BCUT2D eigenvalue weighted by molar-refractivity contribution is 6.06. The van der Waals surface area contributed by atoms with Crippen LogP contribution in [0.3, 0.4) is 0 Å². The molecule has 8 rings (SSSR count). The second kappa shape index (κ2) is 16.7. The van der Waals surface area contributed by atoms with Crippen LogP contribution < -0.4 is 14.8 Å². The lowest BCUT2D eigenvalue weighted by molar-refractivity contribution is -0.0960. The number of ether oxygens (including phenoxy) is 5. The van der Waals surface area contributed by atoms with E-state index in [9.17, 15) is 14.7 Å². The number of imidazole rings is 1. The molecule has 4 unspecified atom stereocenters. The number of anilines is 1. The van der Waals surface area contributed by atoms with Crippen molar-refractivity contribution in [3.05, 3.63) is 180 Å². The van der Waals surface area contributed by atoms with Gasteiger partial charge in [0.25, 0.3) is 5.91 Å². The highest BCUT2D eigenvalue weighted by Crippen LogP contribution is 2.43. The molecule has 13 nitrogen and oxygen atoms in total. The predicted octanol–water partition coefficient (Wildman–Crippen LogP) is 6.59. The molecule has 2 aromatic heterocycles. The minimum Gasteiger partial charge on any atom is -0.497 e. The van der Waals surface area contributed by atoms with Crippen LogP contribution >= 0.6 is 0 Å². The van der Waals surface area contributed by atoms with Crippen molar-refractivity contribution in [1.29, 1.82) is 0 Å². The number of esters is 1. The molecular weight excluding hydrogens is 739 g/mol. The van der Waals surface area contributed by atoms with Gasteiger partial charge in [-0.05, 0) is 65.2 Å². The number of carbonyl (C=O) groups excluding carboxylic acids is 2. The molecule has 4 atom stereocenters. The van der Waals surface area contributed by atoms with Crippen molar-refractivity contribution in [2.24, 2.45) is 0 Å². The number of hydrogen-bond acceptors (Lipinski definition) is 11. The van der Waals surface area contributed by atoms with Crippen molar-refractivity contribution >= 4 is 28.9 Å². The highest BCUT2D eigenvalue weighted by atomic mass is 16.6. The van der Waals surface area contributed by atoms with Gasteiger partial charge < -0.3 is 34.1 Å². The number of hydrogen-bond donors (Lipinski definition) is 2. The summed E-state index contributed by atoms with van der Waals surface area (Å²) in [7, 11) is 3.21. The number of carbonyl (C=O) groups is 2. The van der Waals surface area contributed by atoms with Gasteiger partial charge in [-0.2, -0.15) is 0 Å². The Bertz CT molecular complexity index is 2440. The summed E-state index contributed by atoms with van der Waals surface area (Å²) in [5.74, 6) is 0.467. The molecule has 7 aromatic rings. The first-order chi connectivity index (χ1) is 28.4. The standard InChI is InChI=1S/C45H39N5O8/c1-54-34-22-18-32(19-23-34)45(31-16-10-5-11-17-31,33-20-24-35(55-2)25-21-33)56-26-36-39(58-44(53)30-14-8-4-9-15-30)38(51)43(57-36)50-28-48-37-40(46-27-47-41(37)50)49-42(52)29-12-6-3-7-13-29/h3-25,27-28,36,38-39,43,51H,26H2,1-2H3,(H,46,47,49,52). The maximum absolute atomic E-state index is 13.6. The molecule has 58 heavy (non-hydrogen) atoms. The van der Waals surface area contributed by atoms with Gasteiger partial charge in [0, 0.05) is 5.56 Å². The molecule has 0 bridgehead atoms. The van der Waals surface area contributed by atoms with E-state index in [-0.39, 0.29) is 29.5 Å². The summed E-state index contributed by atoms with van der Waals surface area (Å²) in [4.78, 5) is 39.9. The van der Waals surface area contributed by atoms with Gasteiger partial charge in [-0.3, -0.25) is 9.36 Å². The quantitative estimate of drug-likeness (QED) is 0.0963. The van der Waals surface area contributed by atoms with Crippen molar-refractivity contribution < 1.29 is 38.4 Å². The summed E-state index contributed by atoms with van der Waals surface area (Å²) in [6, 6.07) is 42.1. The van der Waals surface area contributed by atoms with Crippen LogP contribution in [-0.2, 0) is 19.8 Å². The Balaban J connectivity index is 1.18. The van der Waals surface area contributed by atoms with E-state index < -0.39 is 36.1 Å². The van der Waals surface area contributed by atoms with E-state index in [1.54, 1.807) is 68.8 Å². The van der Waals surface area contributed by atoms with Gasteiger partial charge in [0.05, 0.1) is 32.7 Å². The molecule has 0 radical (unpaired) electrons. The lowest BCUT2D eigenvalue weighted by atomic mass is 9.80. The molecule has 1 fully saturated rings. The number of fused-ring (bicyclic) bond motifs is 1. The fourth-order valence-corrected chi connectivity index (χ4v) is 7.18. The van der Waals surface area contributed by atoms with Crippen LogP contribution in [0.15, 0.2) is 152 Å². The number of benzene rings is 5. The van der Waals surface area contributed by atoms with Crippen molar-refractivity contribution in [1.82, 2.24) is 19.5 Å². The molecule has 5 aromatic carbocycles. The largest absolute Gasteiger partial charge is 0.497 e. The van der Waals surface area contributed by atoms with Gasteiger partial charge in [-0.15, -0.1) is 0 Å². The maximum Gasteiger partial charge on any atom is 0.338 e. The Labute approximate surface area is 333 Å². The molecule has 292 valence electrons. The van der Waals surface area contributed by atoms with Gasteiger partial charge in [0.15, 0.2) is 29.3 Å². The number of aliphatic hydroxyl groups excluding tert-OH is 1. The van der Waals surface area contributed by atoms with Crippen molar-refractivity contribution in [2.45, 2.75) is 30.1 Å². The topological polar surface area (TPSA) is 156 Å². The molecule has 0 aliphatic carbocycles. The lowest BCUT2D eigenvalue weighted by Gasteiger charge is -2.37. The summed E-state index contributed by atoms with van der Waals surface area (Å²) >= 11 is 0. The van der Waals surface area contributed by atoms with Gasteiger partial charge in [0.1, 0.15) is 35.6 Å².